The van der Waals surface area contributed by atoms with Crippen molar-refractivity contribution in [2.24, 2.45) is 10.9 Å². The molecule has 0 amide bonds. The summed E-state index contributed by atoms with van der Waals surface area (Å²) < 4.78 is 10.7. The lowest BCUT2D eigenvalue weighted by Gasteiger charge is -2.26. The first-order chi connectivity index (χ1) is 12.7. The topological polar surface area (TPSA) is 46.1 Å². The van der Waals surface area contributed by atoms with E-state index in [1.54, 1.807) is 7.11 Å². The number of aliphatic imine (C=N–C) groups is 1. The average Bonchev–Trinajstić information content (AvgIpc) is 2.69. The standard InChI is InChI=1S/C21H35N3O2/c1-4-22-21(24(2)14-10-18-11-15-26-16-12-18)23-13-6-8-19-7-5-9-20(17-19)25-3/h5,7,9,17-18H,4,6,8,10-16H2,1-3H3,(H,22,23). The van der Waals surface area contributed by atoms with E-state index in [-0.39, 0.29) is 0 Å². The summed E-state index contributed by atoms with van der Waals surface area (Å²) >= 11 is 0. The second kappa shape index (κ2) is 11.8. The van der Waals surface area contributed by atoms with Gasteiger partial charge >= 0.3 is 0 Å². The van der Waals surface area contributed by atoms with Gasteiger partial charge in [0.25, 0.3) is 0 Å². The molecule has 1 aromatic carbocycles. The van der Waals surface area contributed by atoms with Gasteiger partial charge in [0.05, 0.1) is 7.11 Å². The lowest BCUT2D eigenvalue weighted by molar-refractivity contribution is 0.0625. The summed E-state index contributed by atoms with van der Waals surface area (Å²) in [6.45, 7) is 6.75. The van der Waals surface area contributed by atoms with E-state index in [0.717, 1.165) is 63.3 Å². The molecule has 0 radical (unpaired) electrons. The molecule has 26 heavy (non-hydrogen) atoms. The van der Waals surface area contributed by atoms with Crippen LogP contribution in [0.3, 0.4) is 0 Å². The predicted octanol–water partition coefficient (Wildman–Crippen LogP) is 3.34. The first-order valence-electron chi connectivity index (χ1n) is 9.93. The number of nitrogens with zero attached hydrogens (tertiary/aromatic N) is 2. The van der Waals surface area contributed by atoms with E-state index < -0.39 is 0 Å². The Morgan fingerprint density at radius 2 is 2.15 bits per heavy atom. The van der Waals surface area contributed by atoms with Gasteiger partial charge in [-0.15, -0.1) is 0 Å². The smallest absolute Gasteiger partial charge is 0.193 e. The van der Waals surface area contributed by atoms with Crippen LogP contribution < -0.4 is 10.1 Å². The number of hydrogen-bond donors (Lipinski definition) is 1. The zero-order valence-electron chi connectivity index (χ0n) is 16.7. The van der Waals surface area contributed by atoms with Gasteiger partial charge in [0.15, 0.2) is 5.96 Å². The first kappa shape index (κ1) is 20.6. The maximum absolute atomic E-state index is 5.45. The molecule has 0 spiro atoms. The van der Waals surface area contributed by atoms with Crippen molar-refractivity contribution in [1.29, 1.82) is 0 Å². The van der Waals surface area contributed by atoms with E-state index >= 15 is 0 Å². The number of aryl methyl sites for hydroxylation is 1. The van der Waals surface area contributed by atoms with E-state index in [0.29, 0.717) is 0 Å². The Kier molecular flexibility index (Phi) is 9.32. The fraction of sp³-hybridized carbons (Fsp3) is 0.667. The lowest BCUT2D eigenvalue weighted by Crippen LogP contribution is -2.40. The number of hydrogen-bond acceptors (Lipinski definition) is 3. The number of rotatable bonds is 9. The highest BCUT2D eigenvalue weighted by Crippen LogP contribution is 2.18. The van der Waals surface area contributed by atoms with Crippen molar-refractivity contribution >= 4 is 5.96 Å². The third-order valence-electron chi connectivity index (χ3n) is 4.93. The molecule has 1 heterocycles. The van der Waals surface area contributed by atoms with Crippen molar-refractivity contribution in [2.45, 2.75) is 39.0 Å². The SMILES string of the molecule is CCNC(=NCCCc1cccc(OC)c1)N(C)CCC1CCOCC1. The van der Waals surface area contributed by atoms with Crippen molar-refractivity contribution in [1.82, 2.24) is 10.2 Å². The average molecular weight is 362 g/mol. The molecule has 0 aliphatic carbocycles. The first-order valence-corrected chi connectivity index (χ1v) is 9.93. The monoisotopic (exact) mass is 361 g/mol. The lowest BCUT2D eigenvalue weighted by atomic mass is 9.96. The molecule has 0 aromatic heterocycles. The zero-order valence-corrected chi connectivity index (χ0v) is 16.7. The van der Waals surface area contributed by atoms with Crippen LogP contribution in [-0.4, -0.2) is 57.9 Å². The fourth-order valence-electron chi connectivity index (χ4n) is 3.28. The van der Waals surface area contributed by atoms with Crippen LogP contribution >= 0.6 is 0 Å². The summed E-state index contributed by atoms with van der Waals surface area (Å²) in [5.41, 5.74) is 1.30. The van der Waals surface area contributed by atoms with Gasteiger partial charge in [-0.25, -0.2) is 0 Å². The summed E-state index contributed by atoms with van der Waals surface area (Å²) in [4.78, 5) is 7.08. The van der Waals surface area contributed by atoms with Crippen molar-refractivity contribution in [3.05, 3.63) is 29.8 Å². The normalized spacial score (nSPS) is 15.7. The van der Waals surface area contributed by atoms with Gasteiger partial charge < -0.3 is 19.7 Å². The highest BCUT2D eigenvalue weighted by molar-refractivity contribution is 5.79. The molecule has 1 aliphatic heterocycles. The van der Waals surface area contributed by atoms with Crippen LogP contribution in [0.1, 0.15) is 38.2 Å². The minimum absolute atomic E-state index is 0.794. The molecule has 2 rings (SSSR count). The highest BCUT2D eigenvalue weighted by atomic mass is 16.5. The maximum atomic E-state index is 5.45. The van der Waals surface area contributed by atoms with Crippen LogP contribution in [-0.2, 0) is 11.2 Å². The predicted molar refractivity (Wildman–Crippen MR) is 108 cm³/mol. The van der Waals surface area contributed by atoms with Crippen LogP contribution in [0, 0.1) is 5.92 Å². The van der Waals surface area contributed by atoms with Crippen molar-refractivity contribution < 1.29 is 9.47 Å². The van der Waals surface area contributed by atoms with Gasteiger partial charge in [-0.3, -0.25) is 4.99 Å². The Balaban J connectivity index is 1.76. The summed E-state index contributed by atoms with van der Waals surface area (Å²) in [5, 5.41) is 3.42. The Bertz CT molecular complexity index is 542. The van der Waals surface area contributed by atoms with Gasteiger partial charge in [-0.2, -0.15) is 0 Å². The Hall–Kier alpha value is -1.75. The molecule has 1 fully saturated rings. The minimum Gasteiger partial charge on any atom is -0.497 e. The number of benzene rings is 1. The molecular formula is C21H35N3O2. The molecule has 1 aromatic rings. The molecule has 0 unspecified atom stereocenters. The van der Waals surface area contributed by atoms with Gasteiger partial charge in [0, 0.05) is 39.9 Å². The molecular weight excluding hydrogens is 326 g/mol. The highest BCUT2D eigenvalue weighted by Gasteiger charge is 2.15. The summed E-state index contributed by atoms with van der Waals surface area (Å²) in [6.07, 6.45) is 5.67. The van der Waals surface area contributed by atoms with Gasteiger partial charge in [0.1, 0.15) is 5.75 Å². The molecule has 5 nitrogen and oxygen atoms in total. The molecule has 5 heteroatoms. The van der Waals surface area contributed by atoms with Crippen molar-refractivity contribution in [3.8, 4) is 5.75 Å². The molecule has 0 atom stereocenters. The zero-order chi connectivity index (χ0) is 18.6. The number of nitrogens with one attached hydrogen (secondary N) is 1. The van der Waals surface area contributed by atoms with Gasteiger partial charge in [-0.1, -0.05) is 12.1 Å². The van der Waals surface area contributed by atoms with Gasteiger partial charge in [0.2, 0.25) is 0 Å². The van der Waals surface area contributed by atoms with Gasteiger partial charge in [-0.05, 0) is 62.6 Å². The minimum atomic E-state index is 0.794. The summed E-state index contributed by atoms with van der Waals surface area (Å²) in [7, 11) is 3.85. The second-order valence-electron chi connectivity index (χ2n) is 6.96. The molecule has 146 valence electrons. The van der Waals surface area contributed by atoms with Crippen molar-refractivity contribution in [2.75, 3.05) is 47.0 Å². The quantitative estimate of drug-likeness (QED) is 0.416. The number of guanidine groups is 1. The van der Waals surface area contributed by atoms with Crippen LogP contribution in [0.4, 0.5) is 0 Å². The van der Waals surface area contributed by atoms with Crippen LogP contribution in [0.25, 0.3) is 0 Å². The van der Waals surface area contributed by atoms with Crippen LogP contribution in [0.5, 0.6) is 5.75 Å². The Labute approximate surface area is 158 Å². The van der Waals surface area contributed by atoms with Crippen molar-refractivity contribution in [3.63, 3.8) is 0 Å². The fourth-order valence-corrected chi connectivity index (χ4v) is 3.28. The third-order valence-corrected chi connectivity index (χ3v) is 4.93. The Morgan fingerprint density at radius 1 is 1.35 bits per heavy atom. The van der Waals surface area contributed by atoms with Crippen LogP contribution in [0.2, 0.25) is 0 Å². The third kappa shape index (κ3) is 7.24. The molecule has 1 saturated heterocycles. The Morgan fingerprint density at radius 3 is 2.88 bits per heavy atom. The summed E-state index contributed by atoms with van der Waals surface area (Å²) in [6, 6.07) is 8.29. The number of methoxy groups -OCH3 is 1. The van der Waals surface area contributed by atoms with Crippen LogP contribution in [0.15, 0.2) is 29.3 Å². The van der Waals surface area contributed by atoms with E-state index in [2.05, 4.69) is 36.3 Å². The van der Waals surface area contributed by atoms with E-state index in [4.69, 9.17) is 14.5 Å². The second-order valence-corrected chi connectivity index (χ2v) is 6.96. The number of ether oxygens (including phenoxy) is 2. The maximum Gasteiger partial charge on any atom is 0.193 e. The molecule has 1 N–H and O–H groups in total. The van der Waals surface area contributed by atoms with E-state index in [1.807, 2.05) is 12.1 Å². The van der Waals surface area contributed by atoms with E-state index in [1.165, 1.54) is 24.8 Å². The molecule has 1 aliphatic rings. The summed E-state index contributed by atoms with van der Waals surface area (Å²) in [5.74, 6) is 2.74. The largest absolute Gasteiger partial charge is 0.497 e. The van der Waals surface area contributed by atoms with E-state index in [9.17, 15) is 0 Å². The molecule has 0 bridgehead atoms. The molecule has 0 saturated carbocycles.